The van der Waals surface area contributed by atoms with Crippen molar-refractivity contribution in [2.45, 2.75) is 40.5 Å². The van der Waals surface area contributed by atoms with Crippen molar-refractivity contribution in [3.8, 4) is 0 Å². The summed E-state index contributed by atoms with van der Waals surface area (Å²) in [5.74, 6) is 0.144. The first-order valence-electron chi connectivity index (χ1n) is 7.02. The quantitative estimate of drug-likeness (QED) is 0.820. The second kappa shape index (κ2) is 6.48. The van der Waals surface area contributed by atoms with E-state index in [1.165, 1.54) is 4.31 Å². The largest absolute Gasteiger partial charge is 0.397 e. The maximum absolute atomic E-state index is 12.6. The van der Waals surface area contributed by atoms with Crippen LogP contribution in [-0.2, 0) is 10.0 Å². The molecule has 114 valence electrons. The Labute approximate surface area is 123 Å². The lowest BCUT2D eigenvalue weighted by molar-refractivity contribution is 0.397. The van der Waals surface area contributed by atoms with Crippen LogP contribution < -0.4 is 10.0 Å². The second-order valence-electron chi connectivity index (χ2n) is 6.26. The minimum absolute atomic E-state index is 0.00676. The van der Waals surface area contributed by atoms with Gasteiger partial charge in [0.15, 0.2) is 0 Å². The molecular formula is C15H26N2O2S. The highest BCUT2D eigenvalue weighted by atomic mass is 32.2. The molecule has 0 amide bonds. The van der Waals surface area contributed by atoms with Gasteiger partial charge in [-0.15, -0.1) is 0 Å². The van der Waals surface area contributed by atoms with Crippen molar-refractivity contribution in [2.75, 3.05) is 22.3 Å². The molecule has 5 heteroatoms. The van der Waals surface area contributed by atoms with Crippen LogP contribution in [-0.4, -0.2) is 20.7 Å². The molecule has 0 atom stereocenters. The zero-order chi connectivity index (χ0) is 15.4. The average Bonchev–Trinajstić information content (AvgIpc) is 2.34. The van der Waals surface area contributed by atoms with Gasteiger partial charge in [0.05, 0.1) is 17.1 Å². The molecule has 0 unspecified atom stereocenters. The van der Waals surface area contributed by atoms with Crippen LogP contribution in [0.15, 0.2) is 24.3 Å². The Morgan fingerprint density at radius 1 is 1.20 bits per heavy atom. The number of sulfonamides is 1. The fourth-order valence-electron chi connectivity index (χ4n) is 1.87. The van der Waals surface area contributed by atoms with E-state index in [1.54, 1.807) is 12.1 Å². The van der Waals surface area contributed by atoms with Gasteiger partial charge < -0.3 is 5.73 Å². The molecule has 0 saturated heterocycles. The van der Waals surface area contributed by atoms with E-state index in [2.05, 4.69) is 0 Å². The molecule has 1 rings (SSSR count). The molecule has 2 N–H and O–H groups in total. The van der Waals surface area contributed by atoms with Crippen molar-refractivity contribution in [2.24, 2.45) is 5.41 Å². The lowest BCUT2D eigenvalue weighted by Crippen LogP contribution is -2.35. The van der Waals surface area contributed by atoms with E-state index in [-0.39, 0.29) is 11.2 Å². The molecule has 0 fully saturated rings. The number of para-hydroxylation sites is 2. The predicted molar refractivity (Wildman–Crippen MR) is 86.4 cm³/mol. The van der Waals surface area contributed by atoms with Crippen molar-refractivity contribution >= 4 is 21.4 Å². The lowest BCUT2D eigenvalue weighted by Gasteiger charge is -2.27. The first-order valence-corrected chi connectivity index (χ1v) is 8.63. The van der Waals surface area contributed by atoms with Crippen molar-refractivity contribution in [3.63, 3.8) is 0 Å². The van der Waals surface area contributed by atoms with E-state index in [4.69, 9.17) is 5.73 Å². The Hall–Kier alpha value is -1.23. The fourth-order valence-corrected chi connectivity index (χ4v) is 3.89. The van der Waals surface area contributed by atoms with Crippen molar-refractivity contribution < 1.29 is 8.42 Å². The topological polar surface area (TPSA) is 63.4 Å². The number of nitrogens with two attached hydrogens (primary N) is 1. The predicted octanol–water partition coefficient (Wildman–Crippen LogP) is 3.25. The van der Waals surface area contributed by atoms with Gasteiger partial charge >= 0.3 is 0 Å². The van der Waals surface area contributed by atoms with Gasteiger partial charge in [-0.3, -0.25) is 4.31 Å². The van der Waals surface area contributed by atoms with Crippen LogP contribution >= 0.6 is 0 Å². The molecule has 0 aromatic heterocycles. The Morgan fingerprint density at radius 3 is 2.30 bits per heavy atom. The minimum Gasteiger partial charge on any atom is -0.397 e. The summed E-state index contributed by atoms with van der Waals surface area (Å²) in [6.07, 6.45) is 1.38. The Morgan fingerprint density at radius 2 is 1.80 bits per heavy atom. The van der Waals surface area contributed by atoms with Gasteiger partial charge in [-0.05, 0) is 30.4 Å². The number of nitrogen functional groups attached to an aromatic ring is 1. The van der Waals surface area contributed by atoms with Gasteiger partial charge in [-0.2, -0.15) is 0 Å². The first-order chi connectivity index (χ1) is 9.17. The highest BCUT2D eigenvalue weighted by molar-refractivity contribution is 7.92. The first kappa shape index (κ1) is 16.8. The van der Waals surface area contributed by atoms with Gasteiger partial charge in [0, 0.05) is 6.54 Å². The van der Waals surface area contributed by atoms with E-state index in [1.807, 2.05) is 39.8 Å². The molecule has 0 spiro atoms. The number of hydrogen-bond acceptors (Lipinski definition) is 3. The molecule has 20 heavy (non-hydrogen) atoms. The lowest BCUT2D eigenvalue weighted by atomic mass is 9.94. The molecule has 0 heterocycles. The normalized spacial score (nSPS) is 12.4. The van der Waals surface area contributed by atoms with Crippen LogP contribution in [0.4, 0.5) is 11.4 Å². The zero-order valence-electron chi connectivity index (χ0n) is 12.9. The number of nitrogens with zero attached hydrogens (tertiary/aromatic N) is 1. The monoisotopic (exact) mass is 298 g/mol. The number of hydrogen-bond donors (Lipinski definition) is 1. The van der Waals surface area contributed by atoms with Gasteiger partial charge in [0.1, 0.15) is 0 Å². The van der Waals surface area contributed by atoms with Gasteiger partial charge in [-0.25, -0.2) is 8.42 Å². The maximum Gasteiger partial charge on any atom is 0.235 e. The molecule has 0 aliphatic heterocycles. The second-order valence-corrected chi connectivity index (χ2v) is 8.27. The fraction of sp³-hybridized carbons (Fsp3) is 0.600. The van der Waals surface area contributed by atoms with Crippen LogP contribution in [0, 0.1) is 5.41 Å². The summed E-state index contributed by atoms with van der Waals surface area (Å²) < 4.78 is 26.6. The highest BCUT2D eigenvalue weighted by Crippen LogP contribution is 2.27. The van der Waals surface area contributed by atoms with E-state index in [0.717, 1.165) is 6.42 Å². The summed E-state index contributed by atoms with van der Waals surface area (Å²) in [5, 5.41) is 0. The van der Waals surface area contributed by atoms with E-state index < -0.39 is 10.0 Å². The molecule has 4 nitrogen and oxygen atoms in total. The van der Waals surface area contributed by atoms with Crippen LogP contribution in [0.5, 0.6) is 0 Å². The molecule has 1 aromatic rings. The Balaban J connectivity index is 3.04. The molecule has 0 bridgehead atoms. The van der Waals surface area contributed by atoms with Crippen LogP contribution in [0.1, 0.15) is 40.5 Å². The standard InChI is InChI=1S/C15H26N2O2S/c1-5-11-17(14-9-7-6-8-13(14)16)20(18,19)12-10-15(2,3)4/h6-9H,5,10-12,16H2,1-4H3. The third-order valence-electron chi connectivity index (χ3n) is 3.08. The van der Waals surface area contributed by atoms with E-state index >= 15 is 0 Å². The van der Waals surface area contributed by atoms with E-state index in [0.29, 0.717) is 24.3 Å². The smallest absolute Gasteiger partial charge is 0.235 e. The highest BCUT2D eigenvalue weighted by Gasteiger charge is 2.25. The van der Waals surface area contributed by atoms with Crippen molar-refractivity contribution in [1.29, 1.82) is 0 Å². The molecule has 0 aliphatic rings. The maximum atomic E-state index is 12.6. The summed E-state index contributed by atoms with van der Waals surface area (Å²) >= 11 is 0. The van der Waals surface area contributed by atoms with Gasteiger partial charge in [0.2, 0.25) is 10.0 Å². The SMILES string of the molecule is CCCN(c1ccccc1N)S(=O)(=O)CCC(C)(C)C. The summed E-state index contributed by atoms with van der Waals surface area (Å²) in [7, 11) is -3.34. The van der Waals surface area contributed by atoms with E-state index in [9.17, 15) is 8.42 Å². The van der Waals surface area contributed by atoms with Gasteiger partial charge in [0.25, 0.3) is 0 Å². The summed E-state index contributed by atoms with van der Waals surface area (Å²) in [5.41, 5.74) is 7.00. The summed E-state index contributed by atoms with van der Waals surface area (Å²) in [6, 6.07) is 7.12. The Bertz CT molecular complexity index is 533. The van der Waals surface area contributed by atoms with Crippen molar-refractivity contribution in [1.82, 2.24) is 0 Å². The number of benzene rings is 1. The molecule has 0 aliphatic carbocycles. The number of anilines is 2. The summed E-state index contributed by atoms with van der Waals surface area (Å²) in [4.78, 5) is 0. The molecule has 1 aromatic carbocycles. The molecular weight excluding hydrogens is 272 g/mol. The van der Waals surface area contributed by atoms with Crippen LogP contribution in [0.25, 0.3) is 0 Å². The van der Waals surface area contributed by atoms with Crippen molar-refractivity contribution in [3.05, 3.63) is 24.3 Å². The summed E-state index contributed by atoms with van der Waals surface area (Å²) in [6.45, 7) is 8.56. The number of rotatable bonds is 6. The Kier molecular flexibility index (Phi) is 5.45. The molecule has 0 radical (unpaired) electrons. The van der Waals surface area contributed by atoms with Crippen LogP contribution in [0.3, 0.4) is 0 Å². The minimum atomic E-state index is -3.34. The average molecular weight is 298 g/mol. The third-order valence-corrected chi connectivity index (χ3v) is 4.85. The van der Waals surface area contributed by atoms with Crippen LogP contribution in [0.2, 0.25) is 0 Å². The molecule has 0 saturated carbocycles. The zero-order valence-corrected chi connectivity index (χ0v) is 13.7. The van der Waals surface area contributed by atoms with Gasteiger partial charge in [-0.1, -0.05) is 39.8 Å². The third kappa shape index (κ3) is 4.71.